The molecule has 0 aromatic heterocycles. The zero-order valence-electron chi connectivity index (χ0n) is 17.3. The van der Waals surface area contributed by atoms with Gasteiger partial charge in [0.1, 0.15) is 6.61 Å². The number of ether oxygens (including phenoxy) is 1. The van der Waals surface area contributed by atoms with Crippen LogP contribution < -0.4 is 4.90 Å². The second kappa shape index (κ2) is 8.07. The zero-order chi connectivity index (χ0) is 23.0. The molecule has 0 bridgehead atoms. The number of nitro benzene ring substituents is 1. The zero-order valence-corrected chi connectivity index (χ0v) is 17.3. The molecule has 8 nitrogen and oxygen atoms in total. The van der Waals surface area contributed by atoms with Crippen molar-refractivity contribution in [2.75, 3.05) is 4.90 Å². The Bertz CT molecular complexity index is 1280. The molecule has 0 atom stereocenters. The largest absolute Gasteiger partial charge is 0.457 e. The van der Waals surface area contributed by atoms with Gasteiger partial charge in [0.2, 0.25) is 0 Å². The van der Waals surface area contributed by atoms with Crippen LogP contribution in [0.4, 0.5) is 11.4 Å². The van der Waals surface area contributed by atoms with Crippen LogP contribution in [0.1, 0.15) is 47.8 Å². The Kier molecular flexibility index (Phi) is 5.28. The number of amides is 2. The number of benzene rings is 3. The Morgan fingerprint density at radius 2 is 1.62 bits per heavy atom. The molecule has 0 saturated carbocycles. The Balaban J connectivity index is 1.53. The van der Waals surface area contributed by atoms with Crippen molar-refractivity contribution in [1.29, 1.82) is 0 Å². The molecule has 1 aliphatic rings. The minimum atomic E-state index is -0.670. The topological polar surface area (TPSA) is 107 Å². The molecule has 2 amide bonds. The van der Waals surface area contributed by atoms with Crippen LogP contribution in [0.15, 0.2) is 60.7 Å². The molecule has 8 heteroatoms. The Morgan fingerprint density at radius 1 is 0.938 bits per heavy atom. The first kappa shape index (κ1) is 20.9. The summed E-state index contributed by atoms with van der Waals surface area (Å²) in [6.45, 7) is 3.66. The second-order valence-electron chi connectivity index (χ2n) is 7.50. The maximum Gasteiger partial charge on any atom is 0.338 e. The van der Waals surface area contributed by atoms with Crippen LogP contribution in [0.5, 0.6) is 0 Å². The molecule has 4 rings (SSSR count). The van der Waals surface area contributed by atoms with Gasteiger partial charge in [-0.05, 0) is 61.4 Å². The summed E-state index contributed by atoms with van der Waals surface area (Å²) in [5, 5.41) is 10.7. The number of imide groups is 1. The number of fused-ring (bicyclic) bond motifs is 1. The first-order valence-electron chi connectivity index (χ1n) is 9.77. The fraction of sp³-hybridized carbons (Fsp3) is 0.125. The van der Waals surface area contributed by atoms with E-state index in [2.05, 4.69) is 0 Å². The molecule has 1 heterocycles. The predicted molar refractivity (Wildman–Crippen MR) is 116 cm³/mol. The van der Waals surface area contributed by atoms with Crippen LogP contribution in [0, 0.1) is 24.0 Å². The Morgan fingerprint density at radius 3 is 2.28 bits per heavy atom. The van der Waals surface area contributed by atoms with E-state index in [-0.39, 0.29) is 29.0 Å². The fourth-order valence-corrected chi connectivity index (χ4v) is 3.59. The summed E-state index contributed by atoms with van der Waals surface area (Å²) in [6, 6.07) is 15.3. The summed E-state index contributed by atoms with van der Waals surface area (Å²) >= 11 is 0. The van der Waals surface area contributed by atoms with E-state index in [1.54, 1.807) is 6.07 Å². The van der Waals surface area contributed by atoms with E-state index in [4.69, 9.17) is 4.74 Å². The molecule has 0 radical (unpaired) electrons. The first-order valence-corrected chi connectivity index (χ1v) is 9.77. The van der Waals surface area contributed by atoms with Crippen LogP contribution in [-0.2, 0) is 11.3 Å². The van der Waals surface area contributed by atoms with Crippen molar-refractivity contribution < 1.29 is 24.0 Å². The maximum absolute atomic E-state index is 13.0. The number of hydrogen-bond donors (Lipinski definition) is 0. The van der Waals surface area contributed by atoms with Gasteiger partial charge < -0.3 is 4.74 Å². The van der Waals surface area contributed by atoms with Gasteiger partial charge in [0, 0.05) is 12.1 Å². The molecular formula is C24H18N2O6. The predicted octanol–water partition coefficient (Wildman–Crippen LogP) is 4.37. The highest BCUT2D eigenvalue weighted by Gasteiger charge is 2.37. The molecule has 0 spiro atoms. The van der Waals surface area contributed by atoms with Crippen molar-refractivity contribution in [1.82, 2.24) is 0 Å². The lowest BCUT2D eigenvalue weighted by atomic mass is 10.1. The molecular weight excluding hydrogens is 412 g/mol. The van der Waals surface area contributed by atoms with Gasteiger partial charge in [-0.15, -0.1) is 0 Å². The summed E-state index contributed by atoms with van der Waals surface area (Å²) in [4.78, 5) is 49.6. The number of anilines is 1. The van der Waals surface area contributed by atoms with Crippen molar-refractivity contribution in [2.45, 2.75) is 20.5 Å². The van der Waals surface area contributed by atoms with E-state index < -0.39 is 22.7 Å². The van der Waals surface area contributed by atoms with Gasteiger partial charge in [0.15, 0.2) is 0 Å². The molecule has 0 unspecified atom stereocenters. The van der Waals surface area contributed by atoms with E-state index in [1.807, 2.05) is 26.0 Å². The number of aryl methyl sites for hydroxylation is 2. The summed E-state index contributed by atoms with van der Waals surface area (Å²) < 4.78 is 5.26. The van der Waals surface area contributed by atoms with Crippen LogP contribution in [-0.4, -0.2) is 22.7 Å². The van der Waals surface area contributed by atoms with E-state index >= 15 is 0 Å². The highest BCUT2D eigenvalue weighted by Crippen LogP contribution is 2.31. The molecule has 32 heavy (non-hydrogen) atoms. The number of rotatable bonds is 5. The highest BCUT2D eigenvalue weighted by molar-refractivity contribution is 6.34. The summed E-state index contributed by atoms with van der Waals surface area (Å²) in [5.41, 5.74) is 3.33. The van der Waals surface area contributed by atoms with Crippen LogP contribution in [0.25, 0.3) is 0 Å². The van der Waals surface area contributed by atoms with Crippen LogP contribution >= 0.6 is 0 Å². The average Bonchev–Trinajstić information content (AvgIpc) is 3.02. The summed E-state index contributed by atoms with van der Waals surface area (Å²) in [7, 11) is 0. The highest BCUT2D eigenvalue weighted by atomic mass is 16.6. The maximum atomic E-state index is 13.0. The van der Waals surface area contributed by atoms with Gasteiger partial charge >= 0.3 is 5.97 Å². The summed E-state index contributed by atoms with van der Waals surface area (Å²) in [5.74, 6) is -1.61. The minimum Gasteiger partial charge on any atom is -0.457 e. The van der Waals surface area contributed by atoms with Crippen molar-refractivity contribution >= 4 is 29.2 Å². The van der Waals surface area contributed by atoms with Gasteiger partial charge in [-0.1, -0.05) is 17.7 Å². The molecule has 1 aliphatic heterocycles. The third-order valence-corrected chi connectivity index (χ3v) is 5.23. The number of esters is 1. The van der Waals surface area contributed by atoms with Crippen LogP contribution in [0.2, 0.25) is 0 Å². The van der Waals surface area contributed by atoms with E-state index in [9.17, 15) is 24.5 Å². The average molecular weight is 430 g/mol. The van der Waals surface area contributed by atoms with Crippen molar-refractivity contribution in [2.24, 2.45) is 0 Å². The van der Waals surface area contributed by atoms with Gasteiger partial charge in [-0.25, -0.2) is 9.69 Å². The van der Waals surface area contributed by atoms with Gasteiger partial charge in [-0.3, -0.25) is 19.7 Å². The molecule has 0 saturated heterocycles. The number of non-ortho nitro benzene ring substituents is 1. The smallest absolute Gasteiger partial charge is 0.338 e. The number of nitro groups is 1. The lowest BCUT2D eigenvalue weighted by molar-refractivity contribution is -0.384. The third kappa shape index (κ3) is 3.74. The SMILES string of the molecule is Cc1ccc(N2C(=O)c3ccc(C(=O)OCc4ccc([N+](=O)[O-])cc4)cc3C2=O)c(C)c1. The molecule has 0 N–H and O–H groups in total. The molecule has 160 valence electrons. The number of nitrogens with zero attached hydrogens (tertiary/aromatic N) is 2. The molecule has 3 aromatic rings. The summed E-state index contributed by atoms with van der Waals surface area (Å²) in [6.07, 6.45) is 0. The monoisotopic (exact) mass is 430 g/mol. The van der Waals surface area contributed by atoms with Crippen molar-refractivity contribution in [3.05, 3.63) is 104 Å². The van der Waals surface area contributed by atoms with Crippen molar-refractivity contribution in [3.8, 4) is 0 Å². The van der Waals surface area contributed by atoms with E-state index in [0.29, 0.717) is 11.3 Å². The third-order valence-electron chi connectivity index (χ3n) is 5.23. The van der Waals surface area contributed by atoms with Crippen LogP contribution in [0.3, 0.4) is 0 Å². The second-order valence-corrected chi connectivity index (χ2v) is 7.50. The molecule has 0 aliphatic carbocycles. The fourth-order valence-electron chi connectivity index (χ4n) is 3.59. The van der Waals surface area contributed by atoms with Gasteiger partial charge in [0.05, 0.1) is 27.3 Å². The standard InChI is InChI=1S/C24H18N2O6/c1-14-3-10-21(15(2)11-14)25-22(27)19-9-6-17(12-20(19)23(25)28)24(29)32-13-16-4-7-18(8-5-16)26(30)31/h3-12H,13H2,1-2H3. The Labute approximate surface area is 183 Å². The van der Waals surface area contributed by atoms with Gasteiger partial charge in [0.25, 0.3) is 17.5 Å². The normalized spacial score (nSPS) is 12.6. The van der Waals surface area contributed by atoms with Gasteiger partial charge in [-0.2, -0.15) is 0 Å². The quantitative estimate of drug-likeness (QED) is 0.257. The molecule has 0 fully saturated rings. The minimum absolute atomic E-state index is 0.0600. The Hall–Kier alpha value is -4.33. The number of hydrogen-bond acceptors (Lipinski definition) is 6. The molecule has 3 aromatic carbocycles. The number of carbonyl (C=O) groups is 3. The van der Waals surface area contributed by atoms with Crippen molar-refractivity contribution in [3.63, 3.8) is 0 Å². The lowest BCUT2D eigenvalue weighted by Gasteiger charge is -2.16. The number of carbonyl (C=O) groups excluding carboxylic acids is 3. The van der Waals surface area contributed by atoms with E-state index in [1.165, 1.54) is 42.5 Å². The lowest BCUT2D eigenvalue weighted by Crippen LogP contribution is -2.30. The van der Waals surface area contributed by atoms with E-state index in [0.717, 1.165) is 16.0 Å². The first-order chi connectivity index (χ1) is 15.3.